The number of carboxylic acid groups (broad SMARTS) is 1. The van der Waals surface area contributed by atoms with Gasteiger partial charge in [-0.1, -0.05) is 0 Å². The van der Waals surface area contributed by atoms with Gasteiger partial charge >= 0.3 is 12.0 Å². The molecule has 1 atom stereocenters. The lowest BCUT2D eigenvalue weighted by Gasteiger charge is -2.30. The third kappa shape index (κ3) is 4.69. The third-order valence-electron chi connectivity index (χ3n) is 3.26. The van der Waals surface area contributed by atoms with Gasteiger partial charge in [0.05, 0.1) is 0 Å². The van der Waals surface area contributed by atoms with Crippen LogP contribution in [0, 0.1) is 0 Å². The first-order valence-corrected chi connectivity index (χ1v) is 6.62. The minimum Gasteiger partial charge on any atom is -0.480 e. The van der Waals surface area contributed by atoms with E-state index in [-0.39, 0.29) is 12.6 Å². The highest BCUT2D eigenvalue weighted by atomic mass is 16.4. The molecule has 0 aliphatic carbocycles. The summed E-state index contributed by atoms with van der Waals surface area (Å²) in [5, 5.41) is 17.6. The van der Waals surface area contributed by atoms with Crippen LogP contribution in [0.15, 0.2) is 0 Å². The van der Waals surface area contributed by atoms with E-state index in [9.17, 15) is 14.4 Å². The first-order chi connectivity index (χ1) is 9.45. The van der Waals surface area contributed by atoms with E-state index in [1.54, 1.807) is 4.90 Å². The van der Waals surface area contributed by atoms with Crippen LogP contribution in [0.25, 0.3) is 0 Å². The summed E-state index contributed by atoms with van der Waals surface area (Å²) in [4.78, 5) is 36.5. The number of nitrogens with two attached hydrogens (primary N) is 1. The number of hydrogen-bond donors (Lipinski definition) is 3. The summed E-state index contributed by atoms with van der Waals surface area (Å²) in [6.07, 6.45) is 2.91. The topological polar surface area (TPSA) is 124 Å². The monoisotopic (exact) mass is 287 g/mol. The molecule has 8 heteroatoms. The van der Waals surface area contributed by atoms with Crippen molar-refractivity contribution < 1.29 is 24.6 Å². The highest BCUT2D eigenvalue weighted by molar-refractivity contribution is 5.86. The van der Waals surface area contributed by atoms with Crippen molar-refractivity contribution in [2.75, 3.05) is 26.2 Å². The average Bonchev–Trinajstić information content (AvgIpc) is 2.81. The Labute approximate surface area is 117 Å². The number of aliphatic hydroxyl groups is 1. The SMILES string of the molecule is NC(=O)CN(CC(=O)O)C(=O)N1CCCC1CCCO. The molecule has 0 aromatic rings. The molecule has 3 amide bonds. The molecule has 1 aliphatic heterocycles. The Morgan fingerprint density at radius 2 is 2.00 bits per heavy atom. The molecule has 0 saturated carbocycles. The number of carbonyl (C=O) groups is 3. The maximum atomic E-state index is 12.3. The molecule has 20 heavy (non-hydrogen) atoms. The minimum absolute atomic E-state index is 0.0150. The molecule has 1 fully saturated rings. The number of nitrogens with zero attached hydrogens (tertiary/aromatic N) is 2. The highest BCUT2D eigenvalue weighted by Crippen LogP contribution is 2.22. The number of rotatable bonds is 7. The van der Waals surface area contributed by atoms with Gasteiger partial charge in [-0.15, -0.1) is 0 Å². The fraction of sp³-hybridized carbons (Fsp3) is 0.750. The smallest absolute Gasteiger partial charge is 0.323 e. The number of carboxylic acids is 1. The zero-order valence-corrected chi connectivity index (χ0v) is 11.3. The molecule has 4 N–H and O–H groups in total. The summed E-state index contributed by atoms with van der Waals surface area (Å²) in [5.41, 5.74) is 5.04. The number of urea groups is 1. The summed E-state index contributed by atoms with van der Waals surface area (Å²) in [6.45, 7) is -0.373. The van der Waals surface area contributed by atoms with Crippen LogP contribution < -0.4 is 5.73 Å². The zero-order valence-electron chi connectivity index (χ0n) is 11.3. The van der Waals surface area contributed by atoms with Gasteiger partial charge in [0.15, 0.2) is 0 Å². The maximum absolute atomic E-state index is 12.3. The maximum Gasteiger partial charge on any atom is 0.323 e. The molecule has 0 aromatic heterocycles. The third-order valence-corrected chi connectivity index (χ3v) is 3.26. The number of amides is 3. The Balaban J connectivity index is 2.71. The Kier molecular flexibility index (Phi) is 6.23. The molecule has 1 unspecified atom stereocenters. The standard InChI is InChI=1S/C12H21N3O5/c13-10(17)7-14(8-11(18)19)12(20)15-5-1-3-9(15)4-2-6-16/h9,16H,1-8H2,(H2,13,17)(H,18,19). The average molecular weight is 287 g/mol. The van der Waals surface area contributed by atoms with Gasteiger partial charge in [0, 0.05) is 19.2 Å². The van der Waals surface area contributed by atoms with E-state index in [2.05, 4.69) is 0 Å². The second-order valence-electron chi connectivity index (χ2n) is 4.85. The van der Waals surface area contributed by atoms with Crippen molar-refractivity contribution in [1.82, 2.24) is 9.80 Å². The first kappa shape index (κ1) is 16.2. The van der Waals surface area contributed by atoms with Gasteiger partial charge in [-0.25, -0.2) is 4.79 Å². The van der Waals surface area contributed by atoms with Crippen LogP contribution >= 0.6 is 0 Å². The summed E-state index contributed by atoms with van der Waals surface area (Å²) < 4.78 is 0. The molecular formula is C12H21N3O5. The van der Waals surface area contributed by atoms with Crippen molar-refractivity contribution >= 4 is 17.9 Å². The van der Waals surface area contributed by atoms with Crippen LogP contribution in [-0.4, -0.2) is 70.2 Å². The molecule has 1 rings (SSSR count). The molecule has 1 saturated heterocycles. The summed E-state index contributed by atoms with van der Waals surface area (Å²) in [5.74, 6) is -1.93. The second kappa shape index (κ2) is 7.68. The fourth-order valence-corrected chi connectivity index (χ4v) is 2.44. The lowest BCUT2D eigenvalue weighted by molar-refractivity contribution is -0.138. The van der Waals surface area contributed by atoms with Gasteiger partial charge in [-0.3, -0.25) is 9.59 Å². The van der Waals surface area contributed by atoms with Crippen LogP contribution in [-0.2, 0) is 9.59 Å². The Bertz CT molecular complexity index is 358. The van der Waals surface area contributed by atoms with E-state index in [1.807, 2.05) is 0 Å². The predicted molar refractivity (Wildman–Crippen MR) is 69.8 cm³/mol. The van der Waals surface area contributed by atoms with Crippen LogP contribution in [0.5, 0.6) is 0 Å². The summed E-state index contributed by atoms with van der Waals surface area (Å²) in [7, 11) is 0. The Hall–Kier alpha value is -1.83. The van der Waals surface area contributed by atoms with Crippen molar-refractivity contribution in [3.63, 3.8) is 0 Å². The number of aliphatic carboxylic acids is 1. The van der Waals surface area contributed by atoms with Gasteiger partial charge in [0.25, 0.3) is 0 Å². The lowest BCUT2D eigenvalue weighted by atomic mass is 10.1. The second-order valence-corrected chi connectivity index (χ2v) is 4.85. The molecule has 114 valence electrons. The van der Waals surface area contributed by atoms with E-state index in [4.69, 9.17) is 15.9 Å². The van der Waals surface area contributed by atoms with Crippen molar-refractivity contribution in [3.05, 3.63) is 0 Å². The zero-order chi connectivity index (χ0) is 15.1. The van der Waals surface area contributed by atoms with Crippen molar-refractivity contribution in [3.8, 4) is 0 Å². The number of primary amides is 1. The highest BCUT2D eigenvalue weighted by Gasteiger charge is 2.32. The van der Waals surface area contributed by atoms with Crippen molar-refractivity contribution in [1.29, 1.82) is 0 Å². The summed E-state index contributed by atoms with van der Waals surface area (Å²) >= 11 is 0. The van der Waals surface area contributed by atoms with Crippen LogP contribution in [0.3, 0.4) is 0 Å². The minimum atomic E-state index is -1.19. The van der Waals surface area contributed by atoms with Crippen molar-refractivity contribution in [2.24, 2.45) is 5.73 Å². The quantitative estimate of drug-likeness (QED) is 0.566. The molecule has 0 bridgehead atoms. The van der Waals surface area contributed by atoms with E-state index in [0.717, 1.165) is 17.7 Å². The van der Waals surface area contributed by atoms with E-state index in [0.29, 0.717) is 19.4 Å². The van der Waals surface area contributed by atoms with Crippen LogP contribution in [0.4, 0.5) is 4.79 Å². The van der Waals surface area contributed by atoms with Gasteiger partial charge < -0.3 is 25.7 Å². The number of aliphatic hydroxyl groups excluding tert-OH is 1. The number of hydrogen-bond acceptors (Lipinski definition) is 4. The molecule has 1 heterocycles. The van der Waals surface area contributed by atoms with Crippen LogP contribution in [0.1, 0.15) is 25.7 Å². The van der Waals surface area contributed by atoms with Gasteiger partial charge in [0.2, 0.25) is 5.91 Å². The normalized spacial score (nSPS) is 18.1. The van der Waals surface area contributed by atoms with Crippen molar-refractivity contribution in [2.45, 2.75) is 31.7 Å². The number of carbonyl (C=O) groups excluding carboxylic acids is 2. The number of likely N-dealkylation sites (tertiary alicyclic amines) is 1. The lowest BCUT2D eigenvalue weighted by Crippen LogP contribution is -2.50. The molecule has 0 aromatic carbocycles. The van der Waals surface area contributed by atoms with E-state index >= 15 is 0 Å². The van der Waals surface area contributed by atoms with E-state index < -0.39 is 31.0 Å². The van der Waals surface area contributed by atoms with E-state index in [1.165, 1.54) is 0 Å². The Morgan fingerprint density at radius 1 is 1.30 bits per heavy atom. The first-order valence-electron chi connectivity index (χ1n) is 6.62. The van der Waals surface area contributed by atoms with Crippen LogP contribution in [0.2, 0.25) is 0 Å². The molecule has 0 spiro atoms. The van der Waals surface area contributed by atoms with Gasteiger partial charge in [-0.05, 0) is 25.7 Å². The predicted octanol–water partition coefficient (Wildman–Crippen LogP) is -0.785. The summed E-state index contributed by atoms with van der Waals surface area (Å²) in [6, 6.07) is -0.495. The molecular weight excluding hydrogens is 266 g/mol. The fourth-order valence-electron chi connectivity index (χ4n) is 2.44. The molecule has 8 nitrogen and oxygen atoms in total. The largest absolute Gasteiger partial charge is 0.480 e. The van der Waals surface area contributed by atoms with Gasteiger partial charge in [-0.2, -0.15) is 0 Å². The Morgan fingerprint density at radius 3 is 2.55 bits per heavy atom. The molecule has 0 radical (unpaired) electrons. The molecule has 1 aliphatic rings. The van der Waals surface area contributed by atoms with Gasteiger partial charge in [0.1, 0.15) is 13.1 Å².